The predicted molar refractivity (Wildman–Crippen MR) is 103 cm³/mol. The second-order valence-electron chi connectivity index (χ2n) is 5.98. The van der Waals surface area contributed by atoms with E-state index in [4.69, 9.17) is 12.2 Å². The van der Waals surface area contributed by atoms with Gasteiger partial charge in [-0.05, 0) is 48.1 Å². The van der Waals surface area contributed by atoms with Crippen LogP contribution >= 0.6 is 12.2 Å². The number of esters is 1. The number of fused-ring (bicyclic) bond motifs is 1. The molecule has 28 heavy (non-hydrogen) atoms. The minimum Gasteiger partial charge on any atom is -0.465 e. The van der Waals surface area contributed by atoms with Crippen LogP contribution in [0.25, 0.3) is 10.9 Å². The van der Waals surface area contributed by atoms with Crippen molar-refractivity contribution in [3.63, 3.8) is 0 Å². The fourth-order valence-electron chi connectivity index (χ4n) is 2.65. The summed E-state index contributed by atoms with van der Waals surface area (Å²) in [6.07, 6.45) is 0. The molecule has 2 N–H and O–H groups in total. The summed E-state index contributed by atoms with van der Waals surface area (Å²) in [6.45, 7) is -0.0789. The Morgan fingerprint density at radius 1 is 1.21 bits per heavy atom. The number of benzene rings is 2. The Morgan fingerprint density at radius 3 is 2.61 bits per heavy atom. The zero-order valence-electron chi connectivity index (χ0n) is 14.8. The molecule has 1 amide bonds. The van der Waals surface area contributed by atoms with Gasteiger partial charge >= 0.3 is 5.97 Å². The van der Waals surface area contributed by atoms with E-state index in [0.29, 0.717) is 5.52 Å². The van der Waals surface area contributed by atoms with Crippen molar-refractivity contribution in [2.45, 2.75) is 13.1 Å². The molecule has 0 aliphatic carbocycles. The van der Waals surface area contributed by atoms with Crippen LogP contribution in [0.15, 0.2) is 47.3 Å². The Bertz CT molecular complexity index is 1170. The van der Waals surface area contributed by atoms with Crippen molar-refractivity contribution in [2.75, 3.05) is 7.11 Å². The monoisotopic (exact) mass is 401 g/mol. The maximum absolute atomic E-state index is 12.9. The number of rotatable bonds is 5. The average Bonchev–Trinajstić information content (AvgIpc) is 2.69. The largest absolute Gasteiger partial charge is 0.465 e. The van der Waals surface area contributed by atoms with Crippen molar-refractivity contribution < 1.29 is 18.7 Å². The van der Waals surface area contributed by atoms with Crippen molar-refractivity contribution in [3.05, 3.63) is 74.5 Å². The highest BCUT2D eigenvalue weighted by Gasteiger charge is 2.12. The molecule has 3 rings (SSSR count). The van der Waals surface area contributed by atoms with Crippen molar-refractivity contribution in [2.24, 2.45) is 0 Å². The number of H-pyrrole nitrogens is 1. The van der Waals surface area contributed by atoms with Gasteiger partial charge in [0.05, 0.1) is 23.6 Å². The highest BCUT2D eigenvalue weighted by atomic mass is 32.1. The van der Waals surface area contributed by atoms with E-state index in [-0.39, 0.29) is 34.6 Å². The fraction of sp³-hybridized carbons (Fsp3) is 0.158. The lowest BCUT2D eigenvalue weighted by Gasteiger charge is -2.10. The molecule has 0 atom stereocenters. The van der Waals surface area contributed by atoms with Crippen LogP contribution < -0.4 is 10.9 Å². The highest BCUT2D eigenvalue weighted by molar-refractivity contribution is 7.71. The Kier molecular flexibility index (Phi) is 5.65. The molecule has 1 heterocycles. The summed E-state index contributed by atoms with van der Waals surface area (Å²) < 4.78 is 18.8. The Morgan fingerprint density at radius 2 is 1.93 bits per heavy atom. The summed E-state index contributed by atoms with van der Waals surface area (Å²) in [4.78, 5) is 39.4. The molecule has 0 fully saturated rings. The van der Waals surface area contributed by atoms with Gasteiger partial charge in [0.1, 0.15) is 12.4 Å². The summed E-state index contributed by atoms with van der Waals surface area (Å²) in [5.41, 5.74) is 0.920. The summed E-state index contributed by atoms with van der Waals surface area (Å²) in [5.74, 6) is -1.32. The van der Waals surface area contributed by atoms with Crippen molar-refractivity contribution >= 4 is 35.0 Å². The number of aromatic amines is 1. The molecule has 2 aromatic carbocycles. The standard InChI is InChI=1S/C19H16FN3O4S/c1-27-18(26)12-4-7-14-15(8-12)22-19(28)23(17(14)25)10-16(24)21-9-11-2-5-13(20)6-3-11/h2-8H,9-10H2,1H3,(H,21,24)(H,22,28). The fourth-order valence-corrected chi connectivity index (χ4v) is 2.90. The normalized spacial score (nSPS) is 10.6. The highest BCUT2D eigenvalue weighted by Crippen LogP contribution is 2.11. The zero-order chi connectivity index (χ0) is 20.3. The maximum atomic E-state index is 12.9. The SMILES string of the molecule is COC(=O)c1ccc2c(=O)n(CC(=O)NCc3ccc(F)cc3)c(=S)[nH]c2c1. The third kappa shape index (κ3) is 4.15. The minimum atomic E-state index is -0.537. The number of halogens is 1. The van der Waals surface area contributed by atoms with E-state index in [1.807, 2.05) is 0 Å². The first-order chi connectivity index (χ1) is 13.4. The predicted octanol–water partition coefficient (Wildman–Crippen LogP) is 2.30. The zero-order valence-corrected chi connectivity index (χ0v) is 15.6. The van der Waals surface area contributed by atoms with E-state index >= 15 is 0 Å². The van der Waals surface area contributed by atoms with Crippen molar-refractivity contribution in [1.82, 2.24) is 14.9 Å². The van der Waals surface area contributed by atoms with E-state index in [9.17, 15) is 18.8 Å². The molecule has 0 saturated carbocycles. The summed E-state index contributed by atoms with van der Waals surface area (Å²) in [5, 5.41) is 2.94. The van der Waals surface area contributed by atoms with Crippen LogP contribution in [0.2, 0.25) is 0 Å². The first kappa shape index (κ1) is 19.4. The molecule has 0 aliphatic heterocycles. The number of nitrogens with zero attached hydrogens (tertiary/aromatic N) is 1. The number of aromatic nitrogens is 2. The van der Waals surface area contributed by atoms with Gasteiger partial charge in [-0.25, -0.2) is 9.18 Å². The van der Waals surface area contributed by atoms with Gasteiger partial charge in [-0.3, -0.25) is 14.2 Å². The van der Waals surface area contributed by atoms with Crippen molar-refractivity contribution in [3.8, 4) is 0 Å². The Balaban J connectivity index is 1.81. The van der Waals surface area contributed by atoms with E-state index in [0.717, 1.165) is 10.1 Å². The second kappa shape index (κ2) is 8.13. The van der Waals surface area contributed by atoms with Gasteiger partial charge < -0.3 is 15.0 Å². The summed E-state index contributed by atoms with van der Waals surface area (Å²) in [7, 11) is 1.26. The van der Waals surface area contributed by atoms with Gasteiger partial charge in [-0.15, -0.1) is 0 Å². The number of methoxy groups -OCH3 is 1. The lowest BCUT2D eigenvalue weighted by molar-refractivity contribution is -0.121. The molecule has 0 spiro atoms. The molecule has 0 aliphatic rings. The van der Waals surface area contributed by atoms with Crippen LogP contribution in [-0.2, 0) is 22.6 Å². The van der Waals surface area contributed by atoms with Crippen LogP contribution in [0.5, 0.6) is 0 Å². The Labute approximate surface area is 163 Å². The second-order valence-corrected chi connectivity index (χ2v) is 6.36. The lowest BCUT2D eigenvalue weighted by atomic mass is 10.1. The molecule has 144 valence electrons. The minimum absolute atomic E-state index is 0.0523. The summed E-state index contributed by atoms with van der Waals surface area (Å²) in [6, 6.07) is 10.1. The number of hydrogen-bond acceptors (Lipinski definition) is 5. The molecule has 0 bridgehead atoms. The molecule has 3 aromatic rings. The van der Waals surface area contributed by atoms with Gasteiger partial charge in [0, 0.05) is 6.54 Å². The molecule has 0 radical (unpaired) electrons. The molecule has 1 aromatic heterocycles. The molecular formula is C19H16FN3O4S. The lowest BCUT2D eigenvalue weighted by Crippen LogP contribution is -2.33. The van der Waals surface area contributed by atoms with E-state index < -0.39 is 17.4 Å². The summed E-state index contributed by atoms with van der Waals surface area (Å²) >= 11 is 5.18. The maximum Gasteiger partial charge on any atom is 0.337 e. The molecule has 9 heteroatoms. The first-order valence-corrected chi connectivity index (χ1v) is 8.66. The van der Waals surface area contributed by atoms with E-state index in [1.54, 1.807) is 12.1 Å². The number of ether oxygens (including phenoxy) is 1. The molecular weight excluding hydrogens is 385 g/mol. The smallest absolute Gasteiger partial charge is 0.337 e. The Hall–Kier alpha value is -3.33. The van der Waals surface area contributed by atoms with Gasteiger partial charge in [-0.1, -0.05) is 12.1 Å². The molecule has 7 nitrogen and oxygen atoms in total. The van der Waals surface area contributed by atoms with Crippen LogP contribution in [0.3, 0.4) is 0 Å². The number of nitrogens with one attached hydrogen (secondary N) is 2. The third-order valence-corrected chi connectivity index (χ3v) is 4.43. The van der Waals surface area contributed by atoms with E-state index in [2.05, 4.69) is 15.0 Å². The first-order valence-electron chi connectivity index (χ1n) is 8.25. The van der Waals surface area contributed by atoms with Gasteiger partial charge in [-0.2, -0.15) is 0 Å². The average molecular weight is 401 g/mol. The number of carbonyl (C=O) groups is 2. The van der Waals surface area contributed by atoms with Crippen LogP contribution in [-0.4, -0.2) is 28.5 Å². The molecule has 0 unspecified atom stereocenters. The number of amides is 1. The quantitative estimate of drug-likeness (QED) is 0.506. The van der Waals surface area contributed by atoms with Crippen LogP contribution in [0, 0.1) is 10.6 Å². The van der Waals surface area contributed by atoms with Crippen LogP contribution in [0.1, 0.15) is 15.9 Å². The van der Waals surface area contributed by atoms with Gasteiger partial charge in [0.2, 0.25) is 5.91 Å². The molecule has 0 saturated heterocycles. The number of carbonyl (C=O) groups excluding carboxylic acids is 2. The van der Waals surface area contributed by atoms with E-state index in [1.165, 1.54) is 37.4 Å². The third-order valence-electron chi connectivity index (χ3n) is 4.11. The van der Waals surface area contributed by atoms with Crippen molar-refractivity contribution in [1.29, 1.82) is 0 Å². The van der Waals surface area contributed by atoms with Crippen LogP contribution in [0.4, 0.5) is 4.39 Å². The van der Waals surface area contributed by atoms with Gasteiger partial charge in [0.25, 0.3) is 5.56 Å². The van der Waals surface area contributed by atoms with Gasteiger partial charge in [0.15, 0.2) is 4.77 Å². The topological polar surface area (TPSA) is 93.2 Å². The number of hydrogen-bond donors (Lipinski definition) is 2.